The average Bonchev–Trinajstić information content (AvgIpc) is 2.83. The monoisotopic (exact) mass is 296 g/mol. The topological polar surface area (TPSA) is 55.5 Å². The lowest BCUT2D eigenvalue weighted by molar-refractivity contribution is -0.0893. The summed E-state index contributed by atoms with van der Waals surface area (Å²) in [6, 6.07) is 9.70. The molecule has 1 aromatic carbocycles. The molecular formula is C17H19BNO3. The molecule has 0 atom stereocenters. The molecule has 0 spiro atoms. The molecule has 3 rings (SSSR count). The summed E-state index contributed by atoms with van der Waals surface area (Å²) in [5.74, 6) is 0. The Labute approximate surface area is 130 Å². The number of nitrogens with zero attached hydrogens (tertiary/aromatic N) is 1. The number of hydrogen-bond donors (Lipinski definition) is 1. The van der Waals surface area contributed by atoms with Crippen LogP contribution >= 0.6 is 0 Å². The van der Waals surface area contributed by atoms with Crippen molar-refractivity contribution in [2.24, 2.45) is 0 Å². The minimum Gasteiger partial charge on any atom is -0.438 e. The minimum absolute atomic E-state index is 0.583. The summed E-state index contributed by atoms with van der Waals surface area (Å²) in [6.07, 6.45) is 1.69. The van der Waals surface area contributed by atoms with Gasteiger partial charge in [0.2, 0.25) is 5.71 Å². The summed E-state index contributed by atoms with van der Waals surface area (Å²) in [7, 11) is 1.67. The molecule has 5 heteroatoms. The van der Waals surface area contributed by atoms with Crippen LogP contribution in [0, 0.1) is 0 Å². The van der Waals surface area contributed by atoms with Crippen LogP contribution in [0.25, 0.3) is 22.1 Å². The van der Waals surface area contributed by atoms with E-state index < -0.39 is 11.2 Å². The molecule has 0 aliphatic rings. The first-order chi connectivity index (χ1) is 10.3. The van der Waals surface area contributed by atoms with E-state index in [1.54, 1.807) is 27.5 Å². The van der Waals surface area contributed by atoms with E-state index in [2.05, 4.69) is 4.98 Å². The van der Waals surface area contributed by atoms with E-state index in [0.29, 0.717) is 5.71 Å². The van der Waals surface area contributed by atoms with Crippen molar-refractivity contribution < 1.29 is 14.2 Å². The third kappa shape index (κ3) is 2.51. The number of benzene rings is 1. The van der Waals surface area contributed by atoms with E-state index in [-0.39, 0.29) is 0 Å². The SMILES string of the molecule is CC(C)(O)C(C)(C)O[B]c1ccnc2oc3ccccc3c12. The van der Waals surface area contributed by atoms with Crippen LogP contribution in [-0.2, 0) is 4.65 Å². The molecule has 0 saturated heterocycles. The molecule has 0 aliphatic heterocycles. The second kappa shape index (κ2) is 5.11. The molecule has 0 amide bonds. The van der Waals surface area contributed by atoms with Gasteiger partial charge in [0, 0.05) is 17.0 Å². The first-order valence-electron chi connectivity index (χ1n) is 7.29. The second-order valence-corrected chi connectivity index (χ2v) is 6.48. The average molecular weight is 296 g/mol. The fourth-order valence-corrected chi connectivity index (χ4v) is 2.12. The maximum atomic E-state index is 10.2. The van der Waals surface area contributed by atoms with Crippen molar-refractivity contribution in [1.29, 1.82) is 0 Å². The van der Waals surface area contributed by atoms with Crippen molar-refractivity contribution in [2.75, 3.05) is 0 Å². The van der Waals surface area contributed by atoms with Crippen LogP contribution in [0.2, 0.25) is 0 Å². The molecule has 4 nitrogen and oxygen atoms in total. The number of hydrogen-bond acceptors (Lipinski definition) is 4. The van der Waals surface area contributed by atoms with E-state index >= 15 is 0 Å². The molecule has 113 valence electrons. The lowest BCUT2D eigenvalue weighted by Gasteiger charge is -2.37. The number of pyridine rings is 1. The van der Waals surface area contributed by atoms with Crippen molar-refractivity contribution in [2.45, 2.75) is 38.9 Å². The zero-order valence-electron chi connectivity index (χ0n) is 13.3. The van der Waals surface area contributed by atoms with Gasteiger partial charge in [-0.05, 0) is 45.3 Å². The molecule has 2 aromatic heterocycles. The summed E-state index contributed by atoms with van der Waals surface area (Å²) in [6.45, 7) is 7.18. The van der Waals surface area contributed by atoms with Crippen LogP contribution in [-0.4, -0.2) is 28.8 Å². The third-order valence-electron chi connectivity index (χ3n) is 4.27. The predicted octanol–water partition coefficient (Wildman–Crippen LogP) is 2.79. The van der Waals surface area contributed by atoms with E-state index in [4.69, 9.17) is 9.07 Å². The summed E-state index contributed by atoms with van der Waals surface area (Å²) in [4.78, 5) is 4.28. The van der Waals surface area contributed by atoms with Crippen molar-refractivity contribution >= 4 is 35.0 Å². The molecule has 1 radical (unpaired) electrons. The van der Waals surface area contributed by atoms with Crippen LogP contribution in [0.1, 0.15) is 27.7 Å². The molecule has 0 unspecified atom stereocenters. The normalized spacial score (nSPS) is 13.0. The van der Waals surface area contributed by atoms with Crippen LogP contribution in [0.4, 0.5) is 0 Å². The smallest absolute Gasteiger partial charge is 0.331 e. The highest BCUT2D eigenvalue weighted by atomic mass is 16.5. The van der Waals surface area contributed by atoms with Crippen molar-refractivity contribution in [1.82, 2.24) is 4.98 Å². The molecular weight excluding hydrogens is 277 g/mol. The maximum absolute atomic E-state index is 10.2. The van der Waals surface area contributed by atoms with E-state index in [0.717, 1.165) is 21.8 Å². The molecule has 2 heterocycles. The van der Waals surface area contributed by atoms with Crippen LogP contribution < -0.4 is 5.46 Å². The summed E-state index contributed by atoms with van der Waals surface area (Å²) >= 11 is 0. The first-order valence-corrected chi connectivity index (χ1v) is 7.29. The Morgan fingerprint density at radius 1 is 1.14 bits per heavy atom. The Morgan fingerprint density at radius 2 is 1.86 bits per heavy atom. The van der Waals surface area contributed by atoms with E-state index in [1.807, 2.05) is 44.2 Å². The summed E-state index contributed by atoms with van der Waals surface area (Å²) in [5.41, 5.74) is 0.579. The Kier molecular flexibility index (Phi) is 3.50. The third-order valence-corrected chi connectivity index (χ3v) is 4.27. The van der Waals surface area contributed by atoms with Gasteiger partial charge in [0.1, 0.15) is 5.58 Å². The quantitative estimate of drug-likeness (QED) is 0.752. The van der Waals surface area contributed by atoms with Crippen molar-refractivity contribution in [3.05, 3.63) is 36.5 Å². The molecule has 22 heavy (non-hydrogen) atoms. The molecule has 3 aromatic rings. The Balaban J connectivity index is 2.01. The fourth-order valence-electron chi connectivity index (χ4n) is 2.12. The van der Waals surface area contributed by atoms with Gasteiger partial charge in [-0.1, -0.05) is 18.2 Å². The van der Waals surface area contributed by atoms with Gasteiger partial charge in [0.25, 0.3) is 0 Å². The summed E-state index contributed by atoms with van der Waals surface area (Å²) < 4.78 is 11.6. The fraction of sp³-hybridized carbons (Fsp3) is 0.353. The van der Waals surface area contributed by atoms with Crippen LogP contribution in [0.3, 0.4) is 0 Å². The second-order valence-electron chi connectivity index (χ2n) is 6.48. The largest absolute Gasteiger partial charge is 0.438 e. The lowest BCUT2D eigenvalue weighted by atomic mass is 9.81. The van der Waals surface area contributed by atoms with Crippen LogP contribution in [0.15, 0.2) is 40.9 Å². The van der Waals surface area contributed by atoms with Crippen molar-refractivity contribution in [3.63, 3.8) is 0 Å². The van der Waals surface area contributed by atoms with Gasteiger partial charge >= 0.3 is 7.48 Å². The molecule has 0 saturated carbocycles. The van der Waals surface area contributed by atoms with Gasteiger partial charge in [-0.25, -0.2) is 4.98 Å². The Morgan fingerprint density at radius 3 is 2.59 bits per heavy atom. The van der Waals surface area contributed by atoms with Gasteiger partial charge in [-0.3, -0.25) is 0 Å². The van der Waals surface area contributed by atoms with Gasteiger partial charge in [-0.2, -0.15) is 0 Å². The number of aromatic nitrogens is 1. The minimum atomic E-state index is -0.964. The zero-order chi connectivity index (χ0) is 16.0. The number of fused-ring (bicyclic) bond motifs is 3. The highest BCUT2D eigenvalue weighted by Gasteiger charge is 2.36. The number of aliphatic hydroxyl groups is 1. The van der Waals surface area contributed by atoms with Gasteiger partial charge < -0.3 is 14.2 Å². The van der Waals surface area contributed by atoms with E-state index in [9.17, 15) is 5.11 Å². The lowest BCUT2D eigenvalue weighted by Crippen LogP contribution is -2.49. The van der Waals surface area contributed by atoms with Gasteiger partial charge in [-0.15, -0.1) is 0 Å². The van der Waals surface area contributed by atoms with Crippen LogP contribution in [0.5, 0.6) is 0 Å². The standard InChI is InChI=1S/C17H19BNO3/c1-16(2,20)17(3,4)22-18-12-9-10-19-15-14(12)11-7-5-6-8-13(11)21-15/h5-10,20H,1-4H3. The molecule has 0 aliphatic carbocycles. The van der Waals surface area contributed by atoms with Gasteiger partial charge in [0.15, 0.2) is 0 Å². The molecule has 0 fully saturated rings. The first kappa shape index (κ1) is 15.1. The predicted molar refractivity (Wildman–Crippen MR) is 88.4 cm³/mol. The summed E-state index contributed by atoms with van der Waals surface area (Å²) in [5, 5.41) is 12.1. The molecule has 0 bridgehead atoms. The number of para-hydroxylation sites is 1. The zero-order valence-corrected chi connectivity index (χ0v) is 13.3. The highest BCUT2D eigenvalue weighted by Crippen LogP contribution is 2.27. The van der Waals surface area contributed by atoms with Crippen molar-refractivity contribution in [3.8, 4) is 0 Å². The number of rotatable bonds is 4. The van der Waals surface area contributed by atoms with Gasteiger partial charge in [0.05, 0.1) is 11.2 Å². The Hall–Kier alpha value is -1.85. The Bertz CT molecular complexity index is 817. The maximum Gasteiger partial charge on any atom is 0.331 e. The highest BCUT2D eigenvalue weighted by molar-refractivity contribution is 6.52. The molecule has 1 N–H and O–H groups in total. The number of furan rings is 1. The van der Waals surface area contributed by atoms with E-state index in [1.165, 1.54) is 0 Å².